The monoisotopic (exact) mass is 271 g/mol. The van der Waals surface area contributed by atoms with E-state index in [9.17, 15) is 0 Å². The minimum Gasteiger partial charge on any atom is -0.379 e. The van der Waals surface area contributed by atoms with Gasteiger partial charge >= 0.3 is 0 Å². The summed E-state index contributed by atoms with van der Waals surface area (Å²) in [6, 6.07) is 0.599. The molecule has 0 amide bonds. The van der Waals surface area contributed by atoms with Crippen LogP contribution in [0.25, 0.3) is 0 Å². The normalized spacial score (nSPS) is 31.4. The molecule has 2 unspecified atom stereocenters. The second kappa shape index (κ2) is 7.58. The van der Waals surface area contributed by atoms with E-state index in [0.717, 1.165) is 58.7 Å². The molecule has 4 nitrogen and oxygen atoms in total. The van der Waals surface area contributed by atoms with Crippen molar-refractivity contribution in [2.45, 2.75) is 63.7 Å². The molecule has 0 bridgehead atoms. The van der Waals surface area contributed by atoms with Gasteiger partial charge in [0.2, 0.25) is 0 Å². The zero-order valence-electron chi connectivity index (χ0n) is 12.5. The van der Waals surface area contributed by atoms with Crippen molar-refractivity contribution in [3.63, 3.8) is 0 Å². The number of hydrogen-bond donors (Lipinski definition) is 1. The molecule has 2 aliphatic heterocycles. The second-order valence-corrected chi connectivity index (χ2v) is 6.10. The van der Waals surface area contributed by atoms with E-state index in [2.05, 4.69) is 19.2 Å². The highest BCUT2D eigenvalue weighted by atomic mass is 16.6. The summed E-state index contributed by atoms with van der Waals surface area (Å²) < 4.78 is 17.0. The third kappa shape index (κ3) is 5.03. The fourth-order valence-corrected chi connectivity index (χ4v) is 2.92. The summed E-state index contributed by atoms with van der Waals surface area (Å²) in [7, 11) is 0. The molecule has 0 saturated carbocycles. The van der Waals surface area contributed by atoms with Gasteiger partial charge in [-0.1, -0.05) is 0 Å². The van der Waals surface area contributed by atoms with Gasteiger partial charge in [-0.15, -0.1) is 0 Å². The van der Waals surface area contributed by atoms with Gasteiger partial charge < -0.3 is 19.5 Å². The van der Waals surface area contributed by atoms with Crippen LogP contribution < -0.4 is 5.32 Å². The Kier molecular flexibility index (Phi) is 6.07. The fraction of sp³-hybridized carbons (Fsp3) is 1.00. The van der Waals surface area contributed by atoms with Crippen LogP contribution in [0.1, 0.15) is 46.0 Å². The van der Waals surface area contributed by atoms with Gasteiger partial charge in [-0.25, -0.2) is 0 Å². The van der Waals surface area contributed by atoms with Gasteiger partial charge in [-0.05, 0) is 46.1 Å². The second-order valence-electron chi connectivity index (χ2n) is 6.10. The van der Waals surface area contributed by atoms with Gasteiger partial charge in [0.15, 0.2) is 0 Å². The Morgan fingerprint density at radius 1 is 1.32 bits per heavy atom. The lowest BCUT2D eigenvalue weighted by Gasteiger charge is -2.37. The number of hydrogen-bond acceptors (Lipinski definition) is 4. The zero-order valence-corrected chi connectivity index (χ0v) is 12.5. The van der Waals surface area contributed by atoms with Crippen LogP contribution in [0.4, 0.5) is 0 Å². The molecule has 2 fully saturated rings. The summed E-state index contributed by atoms with van der Waals surface area (Å²) in [6.45, 7) is 8.66. The highest BCUT2D eigenvalue weighted by Crippen LogP contribution is 2.32. The van der Waals surface area contributed by atoms with Crippen LogP contribution in [0.15, 0.2) is 0 Å². The zero-order chi connectivity index (χ0) is 13.6. The molecule has 1 spiro atoms. The third-order valence-electron chi connectivity index (χ3n) is 4.02. The van der Waals surface area contributed by atoms with Crippen molar-refractivity contribution < 1.29 is 14.2 Å². The summed E-state index contributed by atoms with van der Waals surface area (Å²) in [6.07, 6.45) is 5.98. The molecule has 19 heavy (non-hydrogen) atoms. The summed E-state index contributed by atoms with van der Waals surface area (Å²) in [5.41, 5.74) is 0.0245. The van der Waals surface area contributed by atoms with E-state index in [-0.39, 0.29) is 5.60 Å². The van der Waals surface area contributed by atoms with Crippen molar-refractivity contribution in [1.82, 2.24) is 5.32 Å². The summed E-state index contributed by atoms with van der Waals surface area (Å²) in [5, 5.41) is 3.67. The van der Waals surface area contributed by atoms with Crippen LogP contribution in [-0.4, -0.2) is 50.7 Å². The molecule has 0 aromatic rings. The molecule has 0 aliphatic carbocycles. The van der Waals surface area contributed by atoms with Crippen molar-refractivity contribution >= 4 is 0 Å². The van der Waals surface area contributed by atoms with Crippen molar-refractivity contribution in [2.75, 3.05) is 33.0 Å². The lowest BCUT2D eigenvalue weighted by atomic mass is 9.89. The minimum absolute atomic E-state index is 0.0245. The standard InChI is InChI=1S/C15H29NO3/c1-13(2)18-8-4-3-7-16-14-5-9-19-15(11-14)6-10-17-12-15/h13-14,16H,3-12H2,1-2H3. The van der Waals surface area contributed by atoms with Crippen LogP contribution in [0.2, 0.25) is 0 Å². The smallest absolute Gasteiger partial charge is 0.0951 e. The van der Waals surface area contributed by atoms with E-state index < -0.39 is 0 Å². The first-order valence-corrected chi connectivity index (χ1v) is 7.77. The Labute approximate surface area is 117 Å². The molecular weight excluding hydrogens is 242 g/mol. The van der Waals surface area contributed by atoms with E-state index in [1.54, 1.807) is 0 Å². The van der Waals surface area contributed by atoms with Crippen molar-refractivity contribution in [3.05, 3.63) is 0 Å². The van der Waals surface area contributed by atoms with Crippen LogP contribution in [0.5, 0.6) is 0 Å². The number of ether oxygens (including phenoxy) is 3. The average Bonchev–Trinajstić information content (AvgIpc) is 2.81. The molecule has 0 aromatic carbocycles. The summed E-state index contributed by atoms with van der Waals surface area (Å²) in [4.78, 5) is 0. The Morgan fingerprint density at radius 2 is 2.21 bits per heavy atom. The molecule has 0 radical (unpaired) electrons. The van der Waals surface area contributed by atoms with Gasteiger partial charge in [0.05, 0.1) is 18.3 Å². The fourth-order valence-electron chi connectivity index (χ4n) is 2.92. The number of rotatable bonds is 7. The maximum absolute atomic E-state index is 5.94. The van der Waals surface area contributed by atoms with Gasteiger partial charge in [0.1, 0.15) is 0 Å². The van der Waals surface area contributed by atoms with Crippen molar-refractivity contribution in [2.24, 2.45) is 0 Å². The molecule has 0 aromatic heterocycles. The Morgan fingerprint density at radius 3 is 2.95 bits per heavy atom. The first-order valence-electron chi connectivity index (χ1n) is 7.77. The molecular formula is C15H29NO3. The lowest BCUT2D eigenvalue weighted by Crippen LogP contribution is -2.47. The van der Waals surface area contributed by atoms with Crippen LogP contribution in [0.3, 0.4) is 0 Å². The van der Waals surface area contributed by atoms with E-state index in [1.165, 1.54) is 6.42 Å². The average molecular weight is 271 g/mol. The Balaban J connectivity index is 1.56. The molecule has 2 saturated heterocycles. The van der Waals surface area contributed by atoms with E-state index in [0.29, 0.717) is 12.1 Å². The predicted molar refractivity (Wildman–Crippen MR) is 75.5 cm³/mol. The van der Waals surface area contributed by atoms with E-state index in [4.69, 9.17) is 14.2 Å². The molecule has 1 N–H and O–H groups in total. The van der Waals surface area contributed by atoms with Gasteiger partial charge in [-0.2, -0.15) is 0 Å². The van der Waals surface area contributed by atoms with Crippen molar-refractivity contribution in [3.8, 4) is 0 Å². The molecule has 2 atom stereocenters. The van der Waals surface area contributed by atoms with Crippen LogP contribution in [-0.2, 0) is 14.2 Å². The summed E-state index contributed by atoms with van der Waals surface area (Å²) >= 11 is 0. The van der Waals surface area contributed by atoms with E-state index in [1.807, 2.05) is 0 Å². The molecule has 2 rings (SSSR count). The minimum atomic E-state index is 0.0245. The number of nitrogens with one attached hydrogen (secondary N) is 1. The highest BCUT2D eigenvalue weighted by molar-refractivity contribution is 4.92. The van der Waals surface area contributed by atoms with E-state index >= 15 is 0 Å². The highest BCUT2D eigenvalue weighted by Gasteiger charge is 2.40. The largest absolute Gasteiger partial charge is 0.379 e. The first-order chi connectivity index (χ1) is 9.20. The number of unbranched alkanes of at least 4 members (excludes halogenated alkanes) is 1. The Hall–Kier alpha value is -0.160. The molecule has 112 valence electrons. The van der Waals surface area contributed by atoms with Gasteiger partial charge in [0, 0.05) is 32.3 Å². The quantitative estimate of drug-likeness (QED) is 0.720. The van der Waals surface area contributed by atoms with Crippen molar-refractivity contribution in [1.29, 1.82) is 0 Å². The molecule has 2 heterocycles. The van der Waals surface area contributed by atoms with Gasteiger partial charge in [-0.3, -0.25) is 0 Å². The topological polar surface area (TPSA) is 39.7 Å². The van der Waals surface area contributed by atoms with Gasteiger partial charge in [0.25, 0.3) is 0 Å². The maximum Gasteiger partial charge on any atom is 0.0951 e. The first kappa shape index (κ1) is 15.2. The van der Waals surface area contributed by atoms with Crippen LogP contribution >= 0.6 is 0 Å². The molecule has 2 aliphatic rings. The lowest BCUT2D eigenvalue weighted by molar-refractivity contribution is -0.0892. The SMILES string of the molecule is CC(C)OCCCCNC1CCOC2(CCOC2)C1. The molecule has 4 heteroatoms. The Bertz CT molecular complexity index is 252. The maximum atomic E-state index is 5.94. The van der Waals surface area contributed by atoms with Crippen LogP contribution in [0, 0.1) is 0 Å². The summed E-state index contributed by atoms with van der Waals surface area (Å²) in [5.74, 6) is 0. The third-order valence-corrected chi connectivity index (χ3v) is 4.02. The predicted octanol–water partition coefficient (Wildman–Crippen LogP) is 2.12.